The monoisotopic (exact) mass is 563 g/mol. The molecule has 13 nitrogen and oxygen atoms in total. The maximum atomic E-state index is 12.5. The Kier molecular flexibility index (Phi) is 13.9. The van der Waals surface area contributed by atoms with Gasteiger partial charge in [-0.05, 0) is 45.9 Å². The van der Waals surface area contributed by atoms with Gasteiger partial charge in [0.05, 0.1) is 12.8 Å². The van der Waals surface area contributed by atoms with E-state index in [9.17, 15) is 24.0 Å². The van der Waals surface area contributed by atoms with Crippen LogP contribution < -0.4 is 20.7 Å². The third-order valence-corrected chi connectivity index (χ3v) is 5.74. The van der Waals surface area contributed by atoms with E-state index >= 15 is 0 Å². The van der Waals surface area contributed by atoms with Gasteiger partial charge in [0, 0.05) is 48.3 Å². The predicted octanol–water partition coefficient (Wildman–Crippen LogP) is 2.53. The number of rotatable bonds is 13. The number of thiazole rings is 1. The highest BCUT2D eigenvalue weighted by Crippen LogP contribution is 2.26. The predicted molar refractivity (Wildman–Crippen MR) is 146 cm³/mol. The van der Waals surface area contributed by atoms with Gasteiger partial charge in [-0.3, -0.25) is 24.6 Å². The van der Waals surface area contributed by atoms with Gasteiger partial charge in [0.25, 0.3) is 11.8 Å². The van der Waals surface area contributed by atoms with Gasteiger partial charge in [-0.25, -0.2) is 14.6 Å². The number of nitrogens with one attached hydrogen (secondary N) is 3. The van der Waals surface area contributed by atoms with Crippen molar-refractivity contribution in [3.8, 4) is 5.75 Å². The van der Waals surface area contributed by atoms with Crippen molar-refractivity contribution in [3.05, 3.63) is 47.0 Å². The van der Waals surface area contributed by atoms with Gasteiger partial charge in [-0.2, -0.15) is 0 Å². The summed E-state index contributed by atoms with van der Waals surface area (Å²) in [5.74, 6) is -2.84. The number of hydrogen-bond acceptors (Lipinski definition) is 9. The van der Waals surface area contributed by atoms with Crippen LogP contribution in [0.5, 0.6) is 5.75 Å². The first-order valence-corrected chi connectivity index (χ1v) is 12.6. The van der Waals surface area contributed by atoms with E-state index in [-0.39, 0.29) is 11.6 Å². The number of carboxylic acids is 2. The summed E-state index contributed by atoms with van der Waals surface area (Å²) in [4.78, 5) is 61.1. The highest BCUT2D eigenvalue weighted by Gasteiger charge is 2.16. The van der Waals surface area contributed by atoms with E-state index in [1.165, 1.54) is 24.5 Å². The fourth-order valence-electron chi connectivity index (χ4n) is 3.26. The number of aromatic nitrogens is 1. The number of nitrogens with zero attached hydrogens (tertiary/aromatic N) is 2. The molecular formula is C25H33N5O8S. The number of benzene rings is 1. The molecule has 212 valence electrons. The topological polar surface area (TPSA) is 187 Å². The summed E-state index contributed by atoms with van der Waals surface area (Å²) in [5, 5.41) is 25.6. The van der Waals surface area contributed by atoms with Crippen LogP contribution in [0.25, 0.3) is 0 Å². The van der Waals surface area contributed by atoms with Crippen LogP contribution in [0.4, 0.5) is 10.8 Å². The molecule has 0 fully saturated rings. The van der Waals surface area contributed by atoms with Crippen molar-refractivity contribution >= 4 is 52.3 Å². The number of methoxy groups -OCH3 is 1. The molecule has 2 rings (SSSR count). The van der Waals surface area contributed by atoms with Gasteiger partial charge in [-0.1, -0.05) is 0 Å². The molecule has 14 heteroatoms. The molecule has 0 aliphatic rings. The lowest BCUT2D eigenvalue weighted by molar-refractivity contribution is -0.134. The van der Waals surface area contributed by atoms with Crippen molar-refractivity contribution in [1.29, 1.82) is 0 Å². The second-order valence-electron chi connectivity index (χ2n) is 8.36. The first kappa shape index (κ1) is 32.7. The highest BCUT2D eigenvalue weighted by atomic mass is 32.1. The second-order valence-corrected chi connectivity index (χ2v) is 9.22. The van der Waals surface area contributed by atoms with Crippen LogP contribution in [0.15, 0.2) is 35.7 Å². The van der Waals surface area contributed by atoms with Crippen molar-refractivity contribution in [2.75, 3.05) is 30.8 Å². The van der Waals surface area contributed by atoms with Crippen molar-refractivity contribution in [3.63, 3.8) is 0 Å². The Hall–Kier alpha value is -4.30. The summed E-state index contributed by atoms with van der Waals surface area (Å²) in [5.41, 5.74) is 1.04. The zero-order valence-corrected chi connectivity index (χ0v) is 23.1. The molecule has 39 heavy (non-hydrogen) atoms. The highest BCUT2D eigenvalue weighted by molar-refractivity contribution is 7.14. The number of aliphatic carboxylic acids is 2. The summed E-state index contributed by atoms with van der Waals surface area (Å²) >= 11 is 1.17. The first-order valence-electron chi connectivity index (χ1n) is 11.7. The summed E-state index contributed by atoms with van der Waals surface area (Å²) in [6.07, 6.45) is 1.65. The lowest BCUT2D eigenvalue weighted by Crippen LogP contribution is -2.42. The maximum absolute atomic E-state index is 12.5. The minimum Gasteiger partial charge on any atom is -0.495 e. The van der Waals surface area contributed by atoms with Gasteiger partial charge >= 0.3 is 11.9 Å². The lowest BCUT2D eigenvalue weighted by atomic mass is 10.1. The van der Waals surface area contributed by atoms with E-state index < -0.39 is 17.8 Å². The van der Waals surface area contributed by atoms with Crippen molar-refractivity contribution < 1.29 is 38.9 Å². The van der Waals surface area contributed by atoms with Crippen molar-refractivity contribution in [2.24, 2.45) is 0 Å². The standard InChI is InChI=1S/C21H29N5O4S.C4H4O4/c1-13(2)26(14(3)4)9-8-22-20(29)17-11-31-21(24-17)25-19(28)15-6-7-16(23-12-27)18(10-15)30-5;5-3(6)1-2-4(7)8/h6-7,10-14H,8-9H2,1-5H3,(H,22,29)(H,23,27)(H,24,25,28);1-2H,(H,5,6)(H,7,8). The molecule has 1 aromatic heterocycles. The number of carbonyl (C=O) groups excluding carboxylic acids is 3. The minimum atomic E-state index is -1.26. The number of carbonyl (C=O) groups is 5. The Labute approximate surface area is 229 Å². The molecular weight excluding hydrogens is 530 g/mol. The third-order valence-electron chi connectivity index (χ3n) is 4.99. The molecule has 5 N–H and O–H groups in total. The number of carboxylic acid groups (broad SMARTS) is 2. The average Bonchev–Trinajstić information content (AvgIpc) is 3.34. The molecule has 2 aromatic rings. The van der Waals surface area contributed by atoms with E-state index in [1.54, 1.807) is 17.5 Å². The van der Waals surface area contributed by atoms with Gasteiger partial charge in [0.15, 0.2) is 5.13 Å². The maximum Gasteiger partial charge on any atom is 0.328 e. The van der Waals surface area contributed by atoms with Crippen LogP contribution in [0.1, 0.15) is 48.5 Å². The van der Waals surface area contributed by atoms with Crippen molar-refractivity contribution in [1.82, 2.24) is 15.2 Å². The van der Waals surface area contributed by atoms with E-state index in [4.69, 9.17) is 14.9 Å². The van der Waals surface area contributed by atoms with E-state index in [2.05, 4.69) is 53.5 Å². The summed E-state index contributed by atoms with van der Waals surface area (Å²) in [6, 6.07) is 5.41. The van der Waals surface area contributed by atoms with Crippen LogP contribution in [-0.2, 0) is 14.4 Å². The zero-order chi connectivity index (χ0) is 29.5. The van der Waals surface area contributed by atoms with Crippen LogP contribution in [0, 0.1) is 0 Å². The Morgan fingerprint density at radius 1 is 1.05 bits per heavy atom. The molecule has 0 atom stereocenters. The van der Waals surface area contributed by atoms with Crippen LogP contribution in [0.2, 0.25) is 0 Å². The summed E-state index contributed by atoms with van der Waals surface area (Å²) in [6.45, 7) is 9.75. The van der Waals surface area contributed by atoms with Crippen molar-refractivity contribution in [2.45, 2.75) is 39.8 Å². The minimum absolute atomic E-state index is 0.254. The smallest absolute Gasteiger partial charge is 0.328 e. The SMILES string of the molecule is COc1cc(C(=O)Nc2nc(C(=O)NCCN(C(C)C)C(C)C)cs2)ccc1NC=O.O=C(O)C=CC(=O)O. The van der Waals surface area contributed by atoms with E-state index in [1.807, 2.05) is 0 Å². The molecule has 0 spiro atoms. The number of amides is 3. The molecule has 0 saturated carbocycles. The van der Waals surface area contributed by atoms with Gasteiger partial charge < -0.3 is 25.6 Å². The Bertz CT molecular complexity index is 1150. The molecule has 0 aliphatic carbocycles. The number of hydrogen-bond donors (Lipinski definition) is 5. The summed E-state index contributed by atoms with van der Waals surface area (Å²) in [7, 11) is 1.44. The molecule has 0 radical (unpaired) electrons. The fourth-order valence-corrected chi connectivity index (χ4v) is 3.95. The summed E-state index contributed by atoms with van der Waals surface area (Å²) < 4.78 is 5.19. The second kappa shape index (κ2) is 16.5. The Morgan fingerprint density at radius 2 is 1.67 bits per heavy atom. The normalized spacial score (nSPS) is 10.7. The molecule has 0 aliphatic heterocycles. The Morgan fingerprint density at radius 3 is 2.18 bits per heavy atom. The Balaban J connectivity index is 0.000000824. The molecule has 0 unspecified atom stereocenters. The van der Waals surface area contributed by atoms with E-state index in [0.717, 1.165) is 6.54 Å². The molecule has 0 saturated heterocycles. The van der Waals surface area contributed by atoms with Crippen LogP contribution in [-0.4, -0.2) is 82.5 Å². The third kappa shape index (κ3) is 11.7. The van der Waals surface area contributed by atoms with Gasteiger partial charge in [-0.15, -0.1) is 11.3 Å². The number of anilines is 2. The van der Waals surface area contributed by atoms with Crippen LogP contribution >= 0.6 is 11.3 Å². The lowest BCUT2D eigenvalue weighted by Gasteiger charge is -2.30. The van der Waals surface area contributed by atoms with Gasteiger partial charge in [0.1, 0.15) is 11.4 Å². The molecule has 0 bridgehead atoms. The van der Waals surface area contributed by atoms with Gasteiger partial charge in [0.2, 0.25) is 6.41 Å². The fraction of sp³-hybridized carbons (Fsp3) is 0.360. The average molecular weight is 564 g/mol. The van der Waals surface area contributed by atoms with E-state index in [0.29, 0.717) is 59.3 Å². The number of ether oxygens (including phenoxy) is 1. The first-order chi connectivity index (χ1) is 18.4. The zero-order valence-electron chi connectivity index (χ0n) is 22.3. The quantitative estimate of drug-likeness (QED) is 0.179. The molecule has 1 aromatic carbocycles. The largest absolute Gasteiger partial charge is 0.495 e. The molecule has 1 heterocycles. The molecule has 3 amide bonds. The van der Waals surface area contributed by atoms with Crippen LogP contribution in [0.3, 0.4) is 0 Å².